The van der Waals surface area contributed by atoms with Gasteiger partial charge in [0.2, 0.25) is 0 Å². The number of halogens is 2. The monoisotopic (exact) mass is 651 g/mol. The molecular weight excluding hydrogens is 625 g/mol. The van der Waals surface area contributed by atoms with Crippen molar-refractivity contribution >= 4 is 57.9 Å². The van der Waals surface area contributed by atoms with Gasteiger partial charge in [0, 0.05) is 16.3 Å². The van der Waals surface area contributed by atoms with Gasteiger partial charge in [0.25, 0.3) is 11.8 Å². The summed E-state index contributed by atoms with van der Waals surface area (Å²) in [6.07, 6.45) is 1.48. The van der Waals surface area contributed by atoms with Crippen LogP contribution in [-0.4, -0.2) is 45.5 Å². The van der Waals surface area contributed by atoms with E-state index in [9.17, 15) is 9.59 Å². The molecule has 3 aromatic rings. The molecule has 0 aliphatic carbocycles. The standard InChI is InChI=1S/C27H27ClIN3O6/c1-5-37-22-9-7-18(12-23(22)35-3)27(34)32-30-14-17-10-21(29)26(24(11-17)36-4)38-15-25(33)31-19-8-6-16(2)20(28)13-19/h6-14H,5,15H2,1-4H3,(H,31,33)(H,32,34)/b30-14+. The van der Waals surface area contributed by atoms with Gasteiger partial charge in [-0.3, -0.25) is 9.59 Å². The van der Waals surface area contributed by atoms with Gasteiger partial charge in [-0.25, -0.2) is 5.43 Å². The van der Waals surface area contributed by atoms with E-state index in [1.807, 2.05) is 19.9 Å². The molecule has 3 aromatic carbocycles. The van der Waals surface area contributed by atoms with Gasteiger partial charge >= 0.3 is 0 Å². The highest BCUT2D eigenvalue weighted by molar-refractivity contribution is 14.1. The first kappa shape index (κ1) is 29.1. The third kappa shape index (κ3) is 7.75. The Morgan fingerprint density at radius 2 is 1.76 bits per heavy atom. The molecule has 0 spiro atoms. The predicted octanol–water partition coefficient (Wildman–Crippen LogP) is 5.45. The van der Waals surface area contributed by atoms with E-state index in [1.165, 1.54) is 20.4 Å². The number of carbonyl (C=O) groups is 2. The average Bonchev–Trinajstić information content (AvgIpc) is 2.90. The molecule has 0 saturated carbocycles. The molecular formula is C27H27ClIN3O6. The number of nitrogens with one attached hydrogen (secondary N) is 2. The lowest BCUT2D eigenvalue weighted by atomic mass is 10.2. The molecule has 38 heavy (non-hydrogen) atoms. The molecule has 2 amide bonds. The van der Waals surface area contributed by atoms with Gasteiger partial charge in [-0.05, 0) is 90.0 Å². The Morgan fingerprint density at radius 1 is 1.00 bits per heavy atom. The number of benzene rings is 3. The highest BCUT2D eigenvalue weighted by atomic mass is 127. The van der Waals surface area contributed by atoms with Crippen LogP contribution in [-0.2, 0) is 4.79 Å². The zero-order valence-electron chi connectivity index (χ0n) is 21.3. The van der Waals surface area contributed by atoms with Crippen molar-refractivity contribution in [1.82, 2.24) is 5.43 Å². The van der Waals surface area contributed by atoms with Gasteiger partial charge in [0.05, 0.1) is 30.6 Å². The fraction of sp³-hybridized carbons (Fsp3) is 0.222. The summed E-state index contributed by atoms with van der Waals surface area (Å²) in [4.78, 5) is 24.9. The fourth-order valence-electron chi connectivity index (χ4n) is 3.27. The minimum Gasteiger partial charge on any atom is -0.493 e. The second-order valence-corrected chi connectivity index (χ2v) is 9.40. The zero-order valence-corrected chi connectivity index (χ0v) is 24.2. The summed E-state index contributed by atoms with van der Waals surface area (Å²) >= 11 is 8.19. The number of hydrogen-bond donors (Lipinski definition) is 2. The molecule has 2 N–H and O–H groups in total. The molecule has 0 bridgehead atoms. The molecule has 3 rings (SSSR count). The van der Waals surface area contributed by atoms with Crippen molar-refractivity contribution in [2.45, 2.75) is 13.8 Å². The molecule has 0 aliphatic heterocycles. The fourth-order valence-corrected chi connectivity index (χ4v) is 4.23. The molecule has 200 valence electrons. The van der Waals surface area contributed by atoms with Crippen LogP contribution in [0.25, 0.3) is 0 Å². The molecule has 0 atom stereocenters. The predicted molar refractivity (Wildman–Crippen MR) is 155 cm³/mol. The van der Waals surface area contributed by atoms with Crippen LogP contribution in [0.4, 0.5) is 5.69 Å². The summed E-state index contributed by atoms with van der Waals surface area (Å²) in [6, 6.07) is 13.6. The van der Waals surface area contributed by atoms with Crippen molar-refractivity contribution in [3.8, 4) is 23.0 Å². The summed E-state index contributed by atoms with van der Waals surface area (Å²) in [6.45, 7) is 4.00. The number of anilines is 1. The number of nitrogens with zero attached hydrogens (tertiary/aromatic N) is 1. The van der Waals surface area contributed by atoms with Crippen molar-refractivity contribution in [1.29, 1.82) is 0 Å². The SMILES string of the molecule is CCOc1ccc(C(=O)N/N=C/c2cc(I)c(OCC(=O)Nc3ccc(C)c(Cl)c3)c(OC)c2)cc1OC. The van der Waals surface area contributed by atoms with Gasteiger partial charge in [0.15, 0.2) is 29.6 Å². The second-order valence-electron chi connectivity index (χ2n) is 7.83. The number of hydrazone groups is 1. The molecule has 0 saturated heterocycles. The topological polar surface area (TPSA) is 107 Å². The van der Waals surface area contributed by atoms with Crippen molar-refractivity contribution in [3.63, 3.8) is 0 Å². The van der Waals surface area contributed by atoms with Crippen molar-refractivity contribution in [2.24, 2.45) is 5.10 Å². The van der Waals surface area contributed by atoms with E-state index in [0.717, 1.165) is 5.56 Å². The Balaban J connectivity index is 1.63. The van der Waals surface area contributed by atoms with Crippen LogP contribution in [0, 0.1) is 10.5 Å². The number of amides is 2. The van der Waals surface area contributed by atoms with Crippen molar-refractivity contribution in [2.75, 3.05) is 32.8 Å². The third-order valence-electron chi connectivity index (χ3n) is 5.16. The van der Waals surface area contributed by atoms with E-state index in [4.69, 9.17) is 30.5 Å². The molecule has 0 aromatic heterocycles. The molecule has 9 nitrogen and oxygen atoms in total. The van der Waals surface area contributed by atoms with Crippen LogP contribution >= 0.6 is 34.2 Å². The maximum Gasteiger partial charge on any atom is 0.271 e. The summed E-state index contributed by atoms with van der Waals surface area (Å²) in [7, 11) is 3.00. The number of carbonyl (C=O) groups excluding carboxylic acids is 2. The Morgan fingerprint density at radius 3 is 2.45 bits per heavy atom. The van der Waals surface area contributed by atoms with E-state index in [-0.39, 0.29) is 12.5 Å². The lowest BCUT2D eigenvalue weighted by molar-refractivity contribution is -0.118. The van der Waals surface area contributed by atoms with Crippen LogP contribution in [0.5, 0.6) is 23.0 Å². The maximum atomic E-state index is 12.5. The van der Waals surface area contributed by atoms with Gasteiger partial charge in [0.1, 0.15) is 0 Å². The molecule has 0 heterocycles. The summed E-state index contributed by atoms with van der Waals surface area (Å²) in [5.74, 6) is 1.07. The maximum absolute atomic E-state index is 12.5. The Hall–Kier alpha value is -3.51. The summed E-state index contributed by atoms with van der Waals surface area (Å²) < 4.78 is 22.6. The van der Waals surface area contributed by atoms with E-state index < -0.39 is 5.91 Å². The largest absolute Gasteiger partial charge is 0.493 e. The minimum absolute atomic E-state index is 0.229. The van der Waals surface area contributed by atoms with Crippen molar-refractivity contribution in [3.05, 3.63) is 73.8 Å². The Kier molecular flexibility index (Phi) is 10.6. The lowest BCUT2D eigenvalue weighted by Crippen LogP contribution is -2.20. The molecule has 0 unspecified atom stereocenters. The minimum atomic E-state index is -0.412. The van der Waals surface area contributed by atoms with E-state index in [0.29, 0.717) is 55.0 Å². The molecule has 11 heteroatoms. The first-order valence-electron chi connectivity index (χ1n) is 11.5. The number of methoxy groups -OCH3 is 2. The number of hydrogen-bond acceptors (Lipinski definition) is 7. The molecule has 0 fully saturated rings. The van der Waals surface area contributed by atoms with E-state index in [1.54, 1.807) is 42.5 Å². The van der Waals surface area contributed by atoms with E-state index >= 15 is 0 Å². The third-order valence-corrected chi connectivity index (χ3v) is 6.37. The Labute approximate surface area is 239 Å². The first-order valence-corrected chi connectivity index (χ1v) is 12.9. The first-order chi connectivity index (χ1) is 18.2. The summed E-state index contributed by atoms with van der Waals surface area (Å²) in [5, 5.41) is 7.35. The summed E-state index contributed by atoms with van der Waals surface area (Å²) in [5.41, 5.74) is 5.00. The van der Waals surface area contributed by atoms with Crippen LogP contribution < -0.4 is 29.7 Å². The lowest BCUT2D eigenvalue weighted by Gasteiger charge is -2.14. The van der Waals surface area contributed by atoms with Gasteiger partial charge in [-0.15, -0.1) is 0 Å². The number of rotatable bonds is 11. The zero-order chi connectivity index (χ0) is 27.7. The van der Waals surface area contributed by atoms with Gasteiger partial charge in [-0.1, -0.05) is 17.7 Å². The van der Waals surface area contributed by atoms with Gasteiger partial charge in [-0.2, -0.15) is 5.10 Å². The van der Waals surface area contributed by atoms with E-state index in [2.05, 4.69) is 38.4 Å². The Bertz CT molecular complexity index is 1350. The van der Waals surface area contributed by atoms with Gasteiger partial charge < -0.3 is 24.3 Å². The molecule has 0 aliphatic rings. The van der Waals surface area contributed by atoms with Crippen LogP contribution in [0.2, 0.25) is 5.02 Å². The van der Waals surface area contributed by atoms with Crippen LogP contribution in [0.15, 0.2) is 53.6 Å². The molecule has 0 radical (unpaired) electrons. The highest BCUT2D eigenvalue weighted by Crippen LogP contribution is 2.33. The normalized spacial score (nSPS) is 10.7. The average molecular weight is 652 g/mol. The smallest absolute Gasteiger partial charge is 0.271 e. The van der Waals surface area contributed by atoms with Crippen LogP contribution in [0.1, 0.15) is 28.4 Å². The highest BCUT2D eigenvalue weighted by Gasteiger charge is 2.14. The number of aryl methyl sites for hydroxylation is 1. The second kappa shape index (κ2) is 13.9. The van der Waals surface area contributed by atoms with Crippen LogP contribution in [0.3, 0.4) is 0 Å². The van der Waals surface area contributed by atoms with Crippen molar-refractivity contribution < 1.29 is 28.5 Å². The number of ether oxygens (including phenoxy) is 4. The quantitative estimate of drug-likeness (QED) is 0.162.